The van der Waals surface area contributed by atoms with E-state index in [1.54, 1.807) is 48.2 Å². The van der Waals surface area contributed by atoms with Crippen LogP contribution in [-0.2, 0) is 26.0 Å². The summed E-state index contributed by atoms with van der Waals surface area (Å²) in [6.07, 6.45) is 2.10. The number of piperidine rings is 1. The van der Waals surface area contributed by atoms with Crippen molar-refractivity contribution in [2.45, 2.75) is 32.6 Å². The van der Waals surface area contributed by atoms with Gasteiger partial charge in [-0.3, -0.25) is 14.3 Å². The van der Waals surface area contributed by atoms with E-state index in [1.807, 2.05) is 0 Å². The molecule has 0 bridgehead atoms. The Labute approximate surface area is 188 Å². The minimum Gasteiger partial charge on any atom is -0.342 e. The van der Waals surface area contributed by atoms with E-state index in [9.17, 15) is 22.4 Å². The maximum absolute atomic E-state index is 13.1. The van der Waals surface area contributed by atoms with Crippen molar-refractivity contribution in [1.29, 1.82) is 0 Å². The zero-order valence-corrected chi connectivity index (χ0v) is 18.8. The van der Waals surface area contributed by atoms with Crippen LogP contribution in [0.2, 0.25) is 0 Å². The third-order valence-corrected chi connectivity index (χ3v) is 6.80. The fraction of sp³-hybridized carbons (Fsp3) is 0.391. The van der Waals surface area contributed by atoms with Gasteiger partial charge in [0.15, 0.2) is 0 Å². The van der Waals surface area contributed by atoms with Gasteiger partial charge in [-0.05, 0) is 61.2 Å². The lowest BCUT2D eigenvalue weighted by Crippen LogP contribution is -2.44. The van der Waals surface area contributed by atoms with E-state index in [-0.39, 0.29) is 35.7 Å². The molecule has 32 heavy (non-hydrogen) atoms. The summed E-state index contributed by atoms with van der Waals surface area (Å²) in [7, 11) is -3.37. The van der Waals surface area contributed by atoms with Crippen LogP contribution in [0.25, 0.3) is 0 Å². The van der Waals surface area contributed by atoms with Crippen LogP contribution in [0, 0.1) is 11.7 Å². The Balaban J connectivity index is 1.54. The first-order valence-corrected chi connectivity index (χ1v) is 12.3. The Morgan fingerprint density at radius 2 is 1.72 bits per heavy atom. The van der Waals surface area contributed by atoms with Crippen molar-refractivity contribution in [1.82, 2.24) is 4.90 Å². The highest BCUT2D eigenvalue weighted by Gasteiger charge is 2.28. The zero-order valence-electron chi connectivity index (χ0n) is 18.0. The van der Waals surface area contributed by atoms with Gasteiger partial charge in [0.1, 0.15) is 5.82 Å². The molecular weight excluding hydrogens is 433 g/mol. The van der Waals surface area contributed by atoms with Gasteiger partial charge in [-0.1, -0.05) is 19.1 Å². The molecule has 0 radical (unpaired) electrons. The Morgan fingerprint density at radius 1 is 1.06 bits per heavy atom. The molecule has 1 saturated heterocycles. The number of sulfonamides is 1. The number of nitrogens with zero attached hydrogens (tertiary/aromatic N) is 1. The van der Waals surface area contributed by atoms with E-state index < -0.39 is 10.0 Å². The molecule has 1 atom stereocenters. The number of benzene rings is 2. The van der Waals surface area contributed by atoms with Gasteiger partial charge in [0.25, 0.3) is 0 Å². The molecule has 2 aromatic rings. The number of rotatable bonds is 8. The summed E-state index contributed by atoms with van der Waals surface area (Å²) in [5, 5.41) is 2.85. The van der Waals surface area contributed by atoms with Crippen LogP contribution in [0.15, 0.2) is 48.5 Å². The van der Waals surface area contributed by atoms with E-state index in [0.29, 0.717) is 37.3 Å². The molecule has 1 unspecified atom stereocenters. The lowest BCUT2D eigenvalue weighted by molar-refractivity contribution is -0.133. The minimum atomic E-state index is -3.37. The molecule has 2 amide bonds. The van der Waals surface area contributed by atoms with Crippen LogP contribution in [-0.4, -0.2) is 44.0 Å². The van der Waals surface area contributed by atoms with Crippen molar-refractivity contribution in [2.24, 2.45) is 5.92 Å². The van der Waals surface area contributed by atoms with Gasteiger partial charge in [0, 0.05) is 24.5 Å². The molecule has 0 saturated carbocycles. The number of carbonyl (C=O) groups excluding carboxylic acids is 2. The fourth-order valence-corrected chi connectivity index (χ4v) is 4.81. The molecule has 1 fully saturated rings. The first kappa shape index (κ1) is 23.7. The molecule has 9 heteroatoms. The lowest BCUT2D eigenvalue weighted by atomic mass is 9.96. The van der Waals surface area contributed by atoms with Crippen LogP contribution >= 0.6 is 0 Å². The maximum Gasteiger partial charge on any atom is 0.232 e. The summed E-state index contributed by atoms with van der Waals surface area (Å²) in [4.78, 5) is 27.0. The molecule has 1 heterocycles. The number of hydrogen-bond donors (Lipinski definition) is 2. The smallest absolute Gasteiger partial charge is 0.232 e. The van der Waals surface area contributed by atoms with Gasteiger partial charge in [-0.2, -0.15) is 0 Å². The van der Waals surface area contributed by atoms with Crippen molar-refractivity contribution in [2.75, 3.05) is 28.9 Å². The molecule has 7 nitrogen and oxygen atoms in total. The van der Waals surface area contributed by atoms with E-state index in [2.05, 4.69) is 10.0 Å². The first-order chi connectivity index (χ1) is 15.3. The van der Waals surface area contributed by atoms with Crippen molar-refractivity contribution < 1.29 is 22.4 Å². The highest BCUT2D eigenvalue weighted by molar-refractivity contribution is 7.92. The van der Waals surface area contributed by atoms with Gasteiger partial charge in [-0.25, -0.2) is 12.8 Å². The molecule has 2 N–H and O–H groups in total. The summed E-state index contributed by atoms with van der Waals surface area (Å²) in [5.41, 5.74) is 1.73. The second kappa shape index (κ2) is 10.6. The third-order valence-electron chi connectivity index (χ3n) is 5.31. The van der Waals surface area contributed by atoms with Crippen LogP contribution in [0.5, 0.6) is 0 Å². The molecule has 0 spiro atoms. The van der Waals surface area contributed by atoms with Gasteiger partial charge in [0.05, 0.1) is 18.1 Å². The first-order valence-electron chi connectivity index (χ1n) is 10.7. The van der Waals surface area contributed by atoms with Crippen LogP contribution in [0.4, 0.5) is 15.8 Å². The predicted molar refractivity (Wildman–Crippen MR) is 122 cm³/mol. The number of halogens is 1. The monoisotopic (exact) mass is 461 g/mol. The van der Waals surface area contributed by atoms with Crippen LogP contribution in [0.3, 0.4) is 0 Å². The minimum absolute atomic E-state index is 0.0452. The van der Waals surface area contributed by atoms with E-state index in [1.165, 1.54) is 12.1 Å². The zero-order chi connectivity index (χ0) is 23.1. The SMILES string of the molecule is CCCS(=O)(=O)Nc1ccc(NC(=O)C2CCCN(C(=O)Cc3ccc(F)cc3)C2)cc1. The number of nitrogens with one attached hydrogen (secondary N) is 2. The average molecular weight is 462 g/mol. The molecule has 3 rings (SSSR count). The summed E-state index contributed by atoms with van der Waals surface area (Å²) >= 11 is 0. The topological polar surface area (TPSA) is 95.6 Å². The highest BCUT2D eigenvalue weighted by atomic mass is 32.2. The standard InChI is InChI=1S/C23H28FN3O4S/c1-2-14-32(30,31)26-21-11-9-20(10-12-21)25-23(29)18-4-3-13-27(16-18)22(28)15-17-5-7-19(24)8-6-17/h5-12,18,26H,2-4,13-16H2,1H3,(H,25,29). The molecular formula is C23H28FN3O4S. The number of likely N-dealkylation sites (tertiary alicyclic amines) is 1. The molecule has 0 aromatic heterocycles. The second-order valence-electron chi connectivity index (χ2n) is 7.97. The Kier molecular flexibility index (Phi) is 7.84. The second-order valence-corrected chi connectivity index (χ2v) is 9.81. The number of hydrogen-bond acceptors (Lipinski definition) is 4. The molecule has 2 aromatic carbocycles. The molecule has 172 valence electrons. The van der Waals surface area contributed by atoms with Crippen molar-refractivity contribution in [3.63, 3.8) is 0 Å². The van der Waals surface area contributed by atoms with E-state index in [0.717, 1.165) is 12.0 Å². The Bertz CT molecular complexity index is 1040. The van der Waals surface area contributed by atoms with Crippen molar-refractivity contribution >= 4 is 33.2 Å². The van der Waals surface area contributed by atoms with Crippen LogP contribution in [0.1, 0.15) is 31.7 Å². The summed E-state index contributed by atoms with van der Waals surface area (Å²) < 4.78 is 39.3. The van der Waals surface area contributed by atoms with Gasteiger partial charge < -0.3 is 10.2 Å². The van der Waals surface area contributed by atoms with Crippen LogP contribution < -0.4 is 10.0 Å². The number of amides is 2. The number of anilines is 2. The lowest BCUT2D eigenvalue weighted by Gasteiger charge is -2.32. The van der Waals surface area contributed by atoms with E-state index in [4.69, 9.17) is 0 Å². The third kappa shape index (κ3) is 6.78. The number of carbonyl (C=O) groups is 2. The van der Waals surface area contributed by atoms with Gasteiger partial charge in [0.2, 0.25) is 21.8 Å². The molecule has 0 aliphatic carbocycles. The summed E-state index contributed by atoms with van der Waals surface area (Å²) in [6.45, 7) is 2.72. The van der Waals surface area contributed by atoms with Crippen molar-refractivity contribution in [3.05, 3.63) is 59.9 Å². The quantitative estimate of drug-likeness (QED) is 0.630. The Hall–Kier alpha value is -2.94. The fourth-order valence-electron chi connectivity index (χ4n) is 3.67. The average Bonchev–Trinajstić information content (AvgIpc) is 2.76. The Morgan fingerprint density at radius 3 is 2.38 bits per heavy atom. The van der Waals surface area contributed by atoms with Gasteiger partial charge in [-0.15, -0.1) is 0 Å². The highest BCUT2D eigenvalue weighted by Crippen LogP contribution is 2.21. The summed E-state index contributed by atoms with van der Waals surface area (Å²) in [6, 6.07) is 12.3. The molecule has 1 aliphatic rings. The van der Waals surface area contributed by atoms with Crippen molar-refractivity contribution in [3.8, 4) is 0 Å². The normalized spacial score (nSPS) is 16.4. The predicted octanol–water partition coefficient (Wildman–Crippen LogP) is 3.40. The van der Waals surface area contributed by atoms with Gasteiger partial charge >= 0.3 is 0 Å². The molecule has 1 aliphatic heterocycles. The van der Waals surface area contributed by atoms with E-state index >= 15 is 0 Å². The summed E-state index contributed by atoms with van der Waals surface area (Å²) in [5.74, 6) is -0.892. The largest absolute Gasteiger partial charge is 0.342 e. The maximum atomic E-state index is 13.1.